The Bertz CT molecular complexity index is 487. The summed E-state index contributed by atoms with van der Waals surface area (Å²) in [6, 6.07) is 0. The van der Waals surface area contributed by atoms with Gasteiger partial charge in [-0.25, -0.2) is 9.78 Å². The normalized spacial score (nSPS) is 21.3. The van der Waals surface area contributed by atoms with Crippen LogP contribution in [0.5, 0.6) is 0 Å². The molecule has 3 heterocycles. The summed E-state index contributed by atoms with van der Waals surface area (Å²) in [4.78, 5) is 18.6. The molecule has 3 rings (SSSR count). The first-order chi connectivity index (χ1) is 9.16. The lowest BCUT2D eigenvalue weighted by atomic mass is 9.92. The summed E-state index contributed by atoms with van der Waals surface area (Å²) >= 11 is 0. The molecule has 0 aromatic carbocycles. The molecular weight excluding hydrogens is 242 g/mol. The summed E-state index contributed by atoms with van der Waals surface area (Å²) in [5.74, 6) is 0.493. The van der Waals surface area contributed by atoms with E-state index in [1.807, 2.05) is 4.57 Å². The van der Waals surface area contributed by atoms with Crippen LogP contribution in [0.4, 0.5) is 0 Å². The Balaban J connectivity index is 1.96. The average molecular weight is 263 g/mol. The minimum atomic E-state index is -0.811. The minimum Gasteiger partial charge on any atom is -0.477 e. The highest BCUT2D eigenvalue weighted by Crippen LogP contribution is 2.31. The van der Waals surface area contributed by atoms with Crippen molar-refractivity contribution >= 4 is 5.97 Å². The molecule has 0 saturated carbocycles. The summed E-state index contributed by atoms with van der Waals surface area (Å²) < 4.78 is 1.94. The van der Waals surface area contributed by atoms with Crippen LogP contribution in [0.1, 0.15) is 53.6 Å². The monoisotopic (exact) mass is 263 g/mol. The lowest BCUT2D eigenvalue weighted by molar-refractivity contribution is 0.0681. The predicted octanol–water partition coefficient (Wildman–Crippen LogP) is 1.73. The maximum atomic E-state index is 11.6. The molecule has 1 saturated heterocycles. The van der Waals surface area contributed by atoms with Gasteiger partial charge >= 0.3 is 5.97 Å². The van der Waals surface area contributed by atoms with Crippen LogP contribution in [-0.2, 0) is 13.0 Å². The fourth-order valence-corrected chi connectivity index (χ4v) is 3.30. The van der Waals surface area contributed by atoms with Crippen molar-refractivity contribution in [3.63, 3.8) is 0 Å². The molecule has 0 spiro atoms. The van der Waals surface area contributed by atoms with Crippen LogP contribution >= 0.6 is 0 Å². The van der Waals surface area contributed by atoms with Gasteiger partial charge in [-0.15, -0.1) is 0 Å². The predicted molar refractivity (Wildman–Crippen MR) is 71.6 cm³/mol. The number of piperidine rings is 1. The van der Waals surface area contributed by atoms with Crippen LogP contribution in [0.3, 0.4) is 0 Å². The van der Waals surface area contributed by atoms with Gasteiger partial charge in [0.25, 0.3) is 0 Å². The van der Waals surface area contributed by atoms with Gasteiger partial charge in [0.1, 0.15) is 5.82 Å². The molecule has 104 valence electrons. The average Bonchev–Trinajstić information content (AvgIpc) is 2.78. The van der Waals surface area contributed by atoms with Gasteiger partial charge < -0.3 is 14.6 Å². The van der Waals surface area contributed by atoms with Gasteiger partial charge in [0, 0.05) is 18.9 Å². The lowest BCUT2D eigenvalue weighted by Crippen LogP contribution is -2.30. The van der Waals surface area contributed by atoms with Crippen LogP contribution in [0.2, 0.25) is 0 Å². The lowest BCUT2D eigenvalue weighted by Gasteiger charge is -2.28. The molecule has 5 heteroatoms. The molecule has 2 aliphatic rings. The Morgan fingerprint density at radius 1 is 1.26 bits per heavy atom. The summed E-state index contributed by atoms with van der Waals surface area (Å²) in [6.07, 6.45) is 5.16. The van der Waals surface area contributed by atoms with E-state index < -0.39 is 5.97 Å². The van der Waals surface area contributed by atoms with E-state index in [2.05, 4.69) is 16.9 Å². The molecular formula is C14H21N3O2. The van der Waals surface area contributed by atoms with Crippen molar-refractivity contribution < 1.29 is 9.90 Å². The number of nitrogens with zero attached hydrogens (tertiary/aromatic N) is 3. The fraction of sp³-hybridized carbons (Fsp3) is 0.714. The number of imidazole rings is 1. The zero-order valence-electron chi connectivity index (χ0n) is 11.4. The molecule has 1 aromatic rings. The van der Waals surface area contributed by atoms with E-state index >= 15 is 0 Å². The number of aryl methyl sites for hydroxylation is 1. The Labute approximate surface area is 113 Å². The van der Waals surface area contributed by atoms with E-state index in [1.54, 1.807) is 0 Å². The molecule has 0 amide bonds. The number of fused-ring (bicyclic) bond motifs is 1. The number of aromatic carboxylic acids is 1. The second kappa shape index (κ2) is 4.96. The summed E-state index contributed by atoms with van der Waals surface area (Å²) in [7, 11) is 2.12. The number of carboxylic acid groups (broad SMARTS) is 1. The topological polar surface area (TPSA) is 58.4 Å². The van der Waals surface area contributed by atoms with Crippen molar-refractivity contribution in [3.8, 4) is 0 Å². The standard InChI is InChI=1S/C14H21N3O2/c1-16-8-5-10(6-9-16)12-13(14(18)19)17-7-3-2-4-11(17)15-12/h10H,2-9H2,1H3,(H,18,19). The molecule has 1 fully saturated rings. The van der Waals surface area contributed by atoms with Crippen molar-refractivity contribution in [2.75, 3.05) is 20.1 Å². The van der Waals surface area contributed by atoms with Crippen LogP contribution < -0.4 is 0 Å². The molecule has 19 heavy (non-hydrogen) atoms. The summed E-state index contributed by atoms with van der Waals surface area (Å²) in [5, 5.41) is 9.52. The van der Waals surface area contributed by atoms with Gasteiger partial charge in [-0.05, 0) is 45.8 Å². The quantitative estimate of drug-likeness (QED) is 0.882. The van der Waals surface area contributed by atoms with Crippen LogP contribution in [-0.4, -0.2) is 45.7 Å². The summed E-state index contributed by atoms with van der Waals surface area (Å²) in [6.45, 7) is 2.88. The molecule has 1 N–H and O–H groups in total. The van der Waals surface area contributed by atoms with E-state index in [0.29, 0.717) is 11.6 Å². The zero-order valence-corrected chi connectivity index (χ0v) is 11.4. The van der Waals surface area contributed by atoms with Crippen LogP contribution in [0.15, 0.2) is 0 Å². The number of rotatable bonds is 2. The smallest absolute Gasteiger partial charge is 0.354 e. The SMILES string of the molecule is CN1CCC(c2nc3n(c2C(=O)O)CCCC3)CC1. The second-order valence-corrected chi connectivity index (χ2v) is 5.75. The Hall–Kier alpha value is -1.36. The van der Waals surface area contributed by atoms with Gasteiger partial charge in [-0.1, -0.05) is 0 Å². The fourth-order valence-electron chi connectivity index (χ4n) is 3.30. The number of carbonyl (C=O) groups is 1. The van der Waals surface area contributed by atoms with E-state index in [0.717, 1.165) is 63.3 Å². The van der Waals surface area contributed by atoms with Crippen molar-refractivity contribution in [1.29, 1.82) is 0 Å². The van der Waals surface area contributed by atoms with Crippen LogP contribution in [0.25, 0.3) is 0 Å². The molecule has 0 atom stereocenters. The number of hydrogen-bond donors (Lipinski definition) is 1. The highest BCUT2D eigenvalue weighted by atomic mass is 16.4. The highest BCUT2D eigenvalue weighted by molar-refractivity contribution is 5.87. The van der Waals surface area contributed by atoms with Gasteiger partial charge in [0.2, 0.25) is 0 Å². The maximum Gasteiger partial charge on any atom is 0.354 e. The number of carboxylic acids is 1. The Morgan fingerprint density at radius 2 is 2.00 bits per heavy atom. The number of hydrogen-bond acceptors (Lipinski definition) is 3. The van der Waals surface area contributed by atoms with Gasteiger partial charge in [-0.3, -0.25) is 0 Å². The molecule has 0 aliphatic carbocycles. The second-order valence-electron chi connectivity index (χ2n) is 5.75. The van der Waals surface area contributed by atoms with E-state index in [4.69, 9.17) is 0 Å². The van der Waals surface area contributed by atoms with Crippen molar-refractivity contribution in [2.45, 2.75) is 44.6 Å². The summed E-state index contributed by atoms with van der Waals surface area (Å²) in [5.41, 5.74) is 1.31. The van der Waals surface area contributed by atoms with Gasteiger partial charge in [0.15, 0.2) is 5.69 Å². The first kappa shape index (κ1) is 12.7. The Kier molecular flexibility index (Phi) is 3.31. The first-order valence-electron chi connectivity index (χ1n) is 7.18. The van der Waals surface area contributed by atoms with Crippen molar-refractivity contribution in [1.82, 2.24) is 14.5 Å². The van der Waals surface area contributed by atoms with Gasteiger partial charge in [0.05, 0.1) is 5.69 Å². The zero-order chi connectivity index (χ0) is 13.4. The van der Waals surface area contributed by atoms with E-state index in [-0.39, 0.29) is 0 Å². The maximum absolute atomic E-state index is 11.6. The third-order valence-electron chi connectivity index (χ3n) is 4.41. The molecule has 0 bridgehead atoms. The Morgan fingerprint density at radius 3 is 2.68 bits per heavy atom. The number of likely N-dealkylation sites (tertiary alicyclic amines) is 1. The minimum absolute atomic E-state index is 0.320. The van der Waals surface area contributed by atoms with Gasteiger partial charge in [-0.2, -0.15) is 0 Å². The van der Waals surface area contributed by atoms with Crippen molar-refractivity contribution in [2.24, 2.45) is 0 Å². The van der Waals surface area contributed by atoms with Crippen LogP contribution in [0, 0.1) is 0 Å². The van der Waals surface area contributed by atoms with E-state index in [9.17, 15) is 9.90 Å². The molecule has 1 aromatic heterocycles. The molecule has 0 radical (unpaired) electrons. The largest absolute Gasteiger partial charge is 0.477 e. The molecule has 0 unspecified atom stereocenters. The third-order valence-corrected chi connectivity index (χ3v) is 4.41. The number of aromatic nitrogens is 2. The van der Waals surface area contributed by atoms with E-state index in [1.165, 1.54) is 0 Å². The molecule has 5 nitrogen and oxygen atoms in total. The highest BCUT2D eigenvalue weighted by Gasteiger charge is 2.30. The molecule has 2 aliphatic heterocycles. The third kappa shape index (κ3) is 2.27. The first-order valence-corrected chi connectivity index (χ1v) is 7.18. The van der Waals surface area contributed by atoms with Crippen molar-refractivity contribution in [3.05, 3.63) is 17.2 Å².